The normalized spacial score (nSPS) is 12.3. The number of hydrogen-bond acceptors (Lipinski definition) is 8. The molecule has 0 aliphatic carbocycles. The SMILES string of the molecule is C#Cc1cc2c(cc1Sc1nc3c(N)ncnc3n1CCC(=O)NCC(C)C)OCO2. The van der Waals surface area contributed by atoms with E-state index in [-0.39, 0.29) is 24.9 Å². The van der Waals surface area contributed by atoms with Crippen LogP contribution < -0.4 is 20.5 Å². The molecule has 0 atom stereocenters. The maximum Gasteiger partial charge on any atom is 0.231 e. The molecule has 0 saturated carbocycles. The molecule has 3 heterocycles. The van der Waals surface area contributed by atoms with Crippen molar-refractivity contribution in [2.75, 3.05) is 19.1 Å². The summed E-state index contributed by atoms with van der Waals surface area (Å²) >= 11 is 1.35. The highest BCUT2D eigenvalue weighted by Crippen LogP contribution is 2.41. The quantitative estimate of drug-likeness (QED) is 0.540. The minimum Gasteiger partial charge on any atom is -0.454 e. The van der Waals surface area contributed by atoms with Crippen molar-refractivity contribution in [2.24, 2.45) is 5.92 Å². The molecule has 0 fully saturated rings. The van der Waals surface area contributed by atoms with E-state index in [1.165, 1.54) is 18.1 Å². The number of carbonyl (C=O) groups excluding carboxylic acids is 1. The molecule has 3 N–H and O–H groups in total. The number of nitrogens with two attached hydrogens (primary N) is 1. The van der Waals surface area contributed by atoms with Gasteiger partial charge >= 0.3 is 0 Å². The Kier molecular flexibility index (Phi) is 5.86. The first-order chi connectivity index (χ1) is 15.0. The zero-order chi connectivity index (χ0) is 22.0. The minimum atomic E-state index is -0.0408. The van der Waals surface area contributed by atoms with Gasteiger partial charge < -0.3 is 25.1 Å². The molecule has 0 unspecified atom stereocenters. The Labute approximate surface area is 183 Å². The molecule has 2 aromatic heterocycles. The van der Waals surface area contributed by atoms with Crippen LogP contribution in [0.3, 0.4) is 0 Å². The molecule has 0 spiro atoms. The van der Waals surface area contributed by atoms with Gasteiger partial charge in [-0.2, -0.15) is 0 Å². The number of nitrogens with zero attached hydrogens (tertiary/aromatic N) is 4. The zero-order valence-corrected chi connectivity index (χ0v) is 18.0. The Morgan fingerprint density at radius 3 is 2.87 bits per heavy atom. The van der Waals surface area contributed by atoms with Gasteiger partial charge in [0.05, 0.1) is 0 Å². The van der Waals surface area contributed by atoms with Crippen LogP contribution in [-0.2, 0) is 11.3 Å². The molecule has 4 rings (SSSR count). The summed E-state index contributed by atoms with van der Waals surface area (Å²) in [6.45, 7) is 5.26. The molecular formula is C21H22N6O3S. The van der Waals surface area contributed by atoms with E-state index in [9.17, 15) is 4.79 Å². The summed E-state index contributed by atoms with van der Waals surface area (Å²) in [6.07, 6.45) is 7.37. The molecule has 0 bridgehead atoms. The van der Waals surface area contributed by atoms with Gasteiger partial charge in [-0.3, -0.25) is 4.79 Å². The number of amides is 1. The number of aryl methyl sites for hydroxylation is 1. The van der Waals surface area contributed by atoms with E-state index < -0.39 is 0 Å². The van der Waals surface area contributed by atoms with E-state index in [0.29, 0.717) is 52.4 Å². The first-order valence-corrected chi connectivity index (χ1v) is 10.6. The fourth-order valence-electron chi connectivity index (χ4n) is 3.05. The van der Waals surface area contributed by atoms with Gasteiger partial charge in [0.15, 0.2) is 33.6 Å². The van der Waals surface area contributed by atoms with Crippen molar-refractivity contribution in [3.63, 3.8) is 0 Å². The number of fused-ring (bicyclic) bond motifs is 2. The van der Waals surface area contributed by atoms with Crippen LogP contribution in [0.4, 0.5) is 5.82 Å². The van der Waals surface area contributed by atoms with E-state index in [1.807, 2.05) is 24.5 Å². The summed E-state index contributed by atoms with van der Waals surface area (Å²) in [5.74, 6) is 4.53. The van der Waals surface area contributed by atoms with Gasteiger partial charge in [-0.05, 0) is 12.0 Å². The minimum absolute atomic E-state index is 0.0408. The molecule has 3 aromatic rings. The Balaban J connectivity index is 1.66. The molecule has 0 radical (unpaired) electrons. The first kappa shape index (κ1) is 20.8. The van der Waals surface area contributed by atoms with Gasteiger partial charge in [0, 0.05) is 36.0 Å². The predicted octanol–water partition coefficient (Wildman–Crippen LogP) is 2.43. The van der Waals surface area contributed by atoms with Crippen LogP contribution in [0.15, 0.2) is 28.5 Å². The first-order valence-electron chi connectivity index (χ1n) is 9.77. The maximum absolute atomic E-state index is 12.3. The Hall–Kier alpha value is -3.45. The summed E-state index contributed by atoms with van der Waals surface area (Å²) in [4.78, 5) is 26.1. The average Bonchev–Trinajstić information content (AvgIpc) is 3.34. The van der Waals surface area contributed by atoms with Crippen molar-refractivity contribution < 1.29 is 14.3 Å². The number of anilines is 1. The van der Waals surface area contributed by atoms with E-state index in [4.69, 9.17) is 21.6 Å². The smallest absolute Gasteiger partial charge is 0.231 e. The van der Waals surface area contributed by atoms with Gasteiger partial charge in [-0.25, -0.2) is 15.0 Å². The van der Waals surface area contributed by atoms with Crippen molar-refractivity contribution in [3.8, 4) is 23.8 Å². The highest BCUT2D eigenvalue weighted by atomic mass is 32.2. The summed E-state index contributed by atoms with van der Waals surface area (Å²) < 4.78 is 12.8. The molecule has 1 aliphatic rings. The van der Waals surface area contributed by atoms with Crippen LogP contribution in [0.2, 0.25) is 0 Å². The molecule has 160 valence electrons. The molecule has 31 heavy (non-hydrogen) atoms. The van der Waals surface area contributed by atoms with Crippen molar-refractivity contribution >= 4 is 34.7 Å². The van der Waals surface area contributed by atoms with Crippen LogP contribution in [0.25, 0.3) is 11.2 Å². The van der Waals surface area contributed by atoms with Gasteiger partial charge in [-0.15, -0.1) is 6.42 Å². The monoisotopic (exact) mass is 438 g/mol. The van der Waals surface area contributed by atoms with Crippen LogP contribution in [0.1, 0.15) is 25.8 Å². The lowest BCUT2D eigenvalue weighted by Crippen LogP contribution is -2.28. The average molecular weight is 439 g/mol. The van der Waals surface area contributed by atoms with Crippen LogP contribution in [-0.4, -0.2) is 38.8 Å². The molecule has 10 heteroatoms. The lowest BCUT2D eigenvalue weighted by Gasteiger charge is -2.11. The fourth-order valence-corrected chi connectivity index (χ4v) is 4.07. The molecule has 0 saturated heterocycles. The predicted molar refractivity (Wildman–Crippen MR) is 117 cm³/mol. The van der Waals surface area contributed by atoms with E-state index in [1.54, 1.807) is 6.07 Å². The van der Waals surface area contributed by atoms with Gasteiger partial charge in [0.2, 0.25) is 12.7 Å². The topological polar surface area (TPSA) is 117 Å². The zero-order valence-electron chi connectivity index (χ0n) is 17.2. The fraction of sp³-hybridized carbons (Fsp3) is 0.333. The number of carbonyl (C=O) groups is 1. The third kappa shape index (κ3) is 4.36. The number of hydrogen-bond donors (Lipinski definition) is 2. The number of imidazole rings is 1. The number of terminal acetylenes is 1. The number of ether oxygens (including phenoxy) is 2. The number of rotatable bonds is 7. The van der Waals surface area contributed by atoms with E-state index >= 15 is 0 Å². The second-order valence-corrected chi connectivity index (χ2v) is 8.38. The molecule has 1 amide bonds. The van der Waals surface area contributed by atoms with Crippen molar-refractivity contribution in [3.05, 3.63) is 24.0 Å². The molecule has 9 nitrogen and oxygen atoms in total. The third-order valence-corrected chi connectivity index (χ3v) is 5.68. The Bertz CT molecular complexity index is 1180. The van der Waals surface area contributed by atoms with Crippen molar-refractivity contribution in [1.29, 1.82) is 0 Å². The lowest BCUT2D eigenvalue weighted by molar-refractivity contribution is -0.121. The summed E-state index contributed by atoms with van der Waals surface area (Å²) in [5, 5.41) is 3.53. The summed E-state index contributed by atoms with van der Waals surface area (Å²) in [5.41, 5.74) is 7.72. The lowest BCUT2D eigenvalue weighted by atomic mass is 10.2. The summed E-state index contributed by atoms with van der Waals surface area (Å²) in [6, 6.07) is 3.60. The molecule has 1 aromatic carbocycles. The number of nitrogens with one attached hydrogen (secondary N) is 1. The van der Waals surface area contributed by atoms with Gasteiger partial charge in [-0.1, -0.05) is 31.5 Å². The number of aromatic nitrogens is 4. The van der Waals surface area contributed by atoms with Crippen LogP contribution >= 0.6 is 11.8 Å². The van der Waals surface area contributed by atoms with Crippen LogP contribution in [0, 0.1) is 18.3 Å². The molecule has 1 aliphatic heterocycles. The Morgan fingerprint density at radius 1 is 1.35 bits per heavy atom. The second-order valence-electron chi connectivity index (χ2n) is 7.37. The standard InChI is InChI=1S/C21H22N6O3S/c1-4-13-7-14-15(30-11-29-14)8-16(13)31-21-26-18-19(22)24-10-25-20(18)27(21)6-5-17(28)23-9-12(2)3/h1,7-8,10,12H,5-6,9,11H2,2-3H3,(H,23,28)(H2,22,24,25). The highest BCUT2D eigenvalue weighted by molar-refractivity contribution is 7.99. The largest absolute Gasteiger partial charge is 0.454 e. The Morgan fingerprint density at radius 2 is 2.13 bits per heavy atom. The number of nitrogen functional groups attached to an aromatic ring is 1. The van der Waals surface area contributed by atoms with Crippen molar-refractivity contribution in [1.82, 2.24) is 24.8 Å². The van der Waals surface area contributed by atoms with Crippen LogP contribution in [0.5, 0.6) is 11.5 Å². The van der Waals surface area contributed by atoms with E-state index in [2.05, 4.69) is 26.2 Å². The third-order valence-electron chi connectivity index (χ3n) is 4.63. The molecular weight excluding hydrogens is 416 g/mol. The van der Waals surface area contributed by atoms with E-state index in [0.717, 1.165) is 4.90 Å². The summed E-state index contributed by atoms with van der Waals surface area (Å²) in [7, 11) is 0. The maximum atomic E-state index is 12.3. The van der Waals surface area contributed by atoms with Gasteiger partial charge in [0.1, 0.15) is 6.33 Å². The van der Waals surface area contributed by atoms with Crippen molar-refractivity contribution in [2.45, 2.75) is 36.9 Å². The highest BCUT2D eigenvalue weighted by Gasteiger charge is 2.21. The van der Waals surface area contributed by atoms with Gasteiger partial charge in [0.25, 0.3) is 0 Å². The second kappa shape index (κ2) is 8.73. The number of benzene rings is 1.